The van der Waals surface area contributed by atoms with Crippen molar-refractivity contribution >= 4 is 36.2 Å². The van der Waals surface area contributed by atoms with E-state index in [4.69, 9.17) is 28.4 Å². The molecule has 1 aromatic heterocycles. The van der Waals surface area contributed by atoms with E-state index in [1.165, 1.54) is 0 Å². The predicted octanol–water partition coefficient (Wildman–Crippen LogP) is 5.29. The molecule has 3 aliphatic rings. The molecule has 3 N–H and O–H groups in total. The Kier molecular flexibility index (Phi) is 19.5. The van der Waals surface area contributed by atoms with Gasteiger partial charge in [-0.05, 0) is 90.3 Å². The first-order chi connectivity index (χ1) is 33.4. The number of carbonyl (C=O) groups is 6. The highest BCUT2D eigenvalue weighted by Gasteiger charge is 2.47. The lowest BCUT2D eigenvalue weighted by atomic mass is 9.62. The van der Waals surface area contributed by atoms with Crippen LogP contribution in [0.15, 0.2) is 52.3 Å². The third kappa shape index (κ3) is 17.6. The molecular weight excluding hydrogens is 937 g/mol. The van der Waals surface area contributed by atoms with Gasteiger partial charge in [-0.15, -0.1) is 0 Å². The van der Waals surface area contributed by atoms with Crippen molar-refractivity contribution in [2.45, 2.75) is 158 Å². The lowest BCUT2D eigenvalue weighted by Crippen LogP contribution is -2.60. The number of aromatic nitrogens is 3. The van der Waals surface area contributed by atoms with E-state index < -0.39 is 87.6 Å². The minimum Gasteiger partial charge on any atom is -0.459 e. The van der Waals surface area contributed by atoms with Crippen LogP contribution in [-0.2, 0) is 62.4 Å². The first kappa shape index (κ1) is 58.4. The van der Waals surface area contributed by atoms with Gasteiger partial charge in [-0.1, -0.05) is 82.1 Å². The van der Waals surface area contributed by atoms with E-state index in [0.717, 1.165) is 31.9 Å². The largest absolute Gasteiger partial charge is 0.459 e. The lowest BCUT2D eigenvalue weighted by Gasteiger charge is -2.48. The van der Waals surface area contributed by atoms with E-state index in [9.17, 15) is 28.8 Å². The van der Waals surface area contributed by atoms with Crippen LogP contribution in [0.1, 0.15) is 120 Å². The minimum atomic E-state index is -0.790. The molecule has 0 aromatic carbocycles. The zero-order chi connectivity index (χ0) is 53.9. The molecule has 3 aliphatic carbocycles. The summed E-state index contributed by atoms with van der Waals surface area (Å²) < 4.78 is 34.0. The molecular formula is C51H78N6O15. The molecule has 1 heterocycles. The summed E-state index contributed by atoms with van der Waals surface area (Å²) >= 11 is 0. The van der Waals surface area contributed by atoms with Crippen molar-refractivity contribution in [2.24, 2.45) is 32.5 Å². The maximum absolute atomic E-state index is 15.0. The number of amides is 3. The summed E-state index contributed by atoms with van der Waals surface area (Å²) in [5.41, 5.74) is -5.84. The first-order valence-corrected chi connectivity index (χ1v) is 24.5. The summed E-state index contributed by atoms with van der Waals surface area (Å²) in [4.78, 5) is 118. The summed E-state index contributed by atoms with van der Waals surface area (Å²) in [6.45, 7) is 26.7. The van der Waals surface area contributed by atoms with Gasteiger partial charge in [0.2, 0.25) is 0 Å². The predicted molar refractivity (Wildman–Crippen MR) is 265 cm³/mol. The highest BCUT2D eigenvalue weighted by molar-refractivity contribution is 5.82. The van der Waals surface area contributed by atoms with Gasteiger partial charge in [-0.2, -0.15) is 0 Å². The fourth-order valence-corrected chi connectivity index (χ4v) is 12.4. The fraction of sp³-hybridized carbons (Fsp3) is 0.706. The van der Waals surface area contributed by atoms with E-state index in [1.54, 1.807) is 0 Å². The van der Waals surface area contributed by atoms with Crippen LogP contribution in [0.2, 0.25) is 0 Å². The molecule has 21 heteroatoms. The Balaban J connectivity index is 1.72. The summed E-state index contributed by atoms with van der Waals surface area (Å²) in [6, 6.07) is -1.31. The molecule has 0 aliphatic heterocycles. The monoisotopic (exact) mass is 1010 g/mol. The van der Waals surface area contributed by atoms with Gasteiger partial charge < -0.3 is 44.4 Å². The molecule has 0 spiro atoms. The van der Waals surface area contributed by atoms with Crippen molar-refractivity contribution in [3.8, 4) is 0 Å². The Morgan fingerprint density at radius 3 is 0.875 bits per heavy atom. The highest BCUT2D eigenvalue weighted by atomic mass is 16.6. The van der Waals surface area contributed by atoms with Crippen molar-refractivity contribution in [2.75, 3.05) is 39.6 Å². The summed E-state index contributed by atoms with van der Waals surface area (Å²) in [5.74, 6) is -1.95. The van der Waals surface area contributed by atoms with Crippen molar-refractivity contribution in [1.29, 1.82) is 0 Å². The zero-order valence-electron chi connectivity index (χ0n) is 43.8. The van der Waals surface area contributed by atoms with E-state index >= 15 is 14.4 Å². The average molecular weight is 1020 g/mol. The lowest BCUT2D eigenvalue weighted by molar-refractivity contribution is -0.139. The average Bonchev–Trinajstić information content (AvgIpc) is 3.24. The Labute approximate surface area is 421 Å². The molecule has 3 saturated carbocycles. The van der Waals surface area contributed by atoms with Crippen LogP contribution in [0.3, 0.4) is 0 Å². The summed E-state index contributed by atoms with van der Waals surface area (Å²) in [6.07, 6.45) is 5.20. The van der Waals surface area contributed by atoms with Gasteiger partial charge in [0, 0.05) is 56.0 Å². The SMILES string of the molecule is C=CC(=O)OCCOC(=O)NC1CC(C)(C)CC(C)(Cn2c(=O)n(CC3(C)CC(NC(=O)OCCOC(=O)C=C)CC(C)(C)C3)c(=O)n(CC3(C)CC(NC(=O)OCCOC(=O)C=C)CC(C)(C)C3)c2=O)C1. The van der Waals surface area contributed by atoms with Gasteiger partial charge in [0.15, 0.2) is 0 Å². The Bertz CT molecular complexity index is 2100. The molecule has 72 heavy (non-hydrogen) atoms. The Hall–Kier alpha value is -6.15. The van der Waals surface area contributed by atoms with Crippen molar-refractivity contribution in [1.82, 2.24) is 29.7 Å². The highest BCUT2D eigenvalue weighted by Crippen LogP contribution is 2.49. The van der Waals surface area contributed by atoms with Crippen LogP contribution >= 0.6 is 0 Å². The number of nitrogens with one attached hydrogen (secondary N) is 3. The molecule has 1 aromatic rings. The molecule has 6 atom stereocenters. The molecule has 402 valence electrons. The van der Waals surface area contributed by atoms with E-state index in [0.29, 0.717) is 57.8 Å². The molecule has 6 unspecified atom stereocenters. The van der Waals surface area contributed by atoms with Crippen molar-refractivity contribution < 1.29 is 57.2 Å². The molecule has 3 fully saturated rings. The van der Waals surface area contributed by atoms with Crippen molar-refractivity contribution in [3.05, 3.63) is 69.4 Å². The van der Waals surface area contributed by atoms with Gasteiger partial charge in [0.1, 0.15) is 39.6 Å². The van der Waals surface area contributed by atoms with Crippen LogP contribution < -0.4 is 33.0 Å². The van der Waals surface area contributed by atoms with E-state index in [2.05, 4.69) is 35.7 Å². The number of ether oxygens (including phenoxy) is 6. The van der Waals surface area contributed by atoms with Crippen LogP contribution in [0.25, 0.3) is 0 Å². The van der Waals surface area contributed by atoms with Gasteiger partial charge in [-0.25, -0.2) is 56.9 Å². The molecule has 0 radical (unpaired) electrons. The third-order valence-corrected chi connectivity index (χ3v) is 13.5. The second-order valence-corrected chi connectivity index (χ2v) is 23.3. The Morgan fingerprint density at radius 2 is 0.653 bits per heavy atom. The van der Waals surface area contributed by atoms with Crippen LogP contribution in [0.5, 0.6) is 0 Å². The van der Waals surface area contributed by atoms with E-state index in [-0.39, 0.29) is 75.5 Å². The first-order valence-electron chi connectivity index (χ1n) is 24.5. The van der Waals surface area contributed by atoms with Crippen LogP contribution in [0.4, 0.5) is 14.4 Å². The number of nitrogens with zero attached hydrogens (tertiary/aromatic N) is 3. The number of alkyl carbamates (subject to hydrolysis) is 3. The quantitative estimate of drug-likeness (QED) is 0.0612. The smallest absolute Gasteiger partial charge is 0.407 e. The summed E-state index contributed by atoms with van der Waals surface area (Å²) in [7, 11) is 0. The number of hydrogen-bond acceptors (Lipinski definition) is 15. The maximum Gasteiger partial charge on any atom is 0.407 e. The molecule has 3 amide bonds. The molecule has 0 bridgehead atoms. The van der Waals surface area contributed by atoms with E-state index in [1.807, 2.05) is 62.3 Å². The van der Waals surface area contributed by atoms with Gasteiger partial charge in [-0.3, -0.25) is 0 Å². The topological polar surface area (TPSA) is 260 Å². The molecule has 4 rings (SSSR count). The van der Waals surface area contributed by atoms with Crippen LogP contribution in [-0.4, -0.2) is 108 Å². The normalized spacial score (nSPS) is 26.0. The molecule has 21 nitrogen and oxygen atoms in total. The number of carbonyl (C=O) groups excluding carboxylic acids is 6. The van der Waals surface area contributed by atoms with Crippen LogP contribution in [0, 0.1) is 32.5 Å². The second-order valence-electron chi connectivity index (χ2n) is 23.3. The number of rotatable bonds is 21. The number of esters is 3. The molecule has 0 saturated heterocycles. The minimum absolute atomic E-state index is 0.0974. The summed E-state index contributed by atoms with van der Waals surface area (Å²) in [5, 5.41) is 8.75. The maximum atomic E-state index is 15.0. The van der Waals surface area contributed by atoms with Gasteiger partial charge in [0.25, 0.3) is 0 Å². The van der Waals surface area contributed by atoms with Gasteiger partial charge in [0.05, 0.1) is 0 Å². The Morgan fingerprint density at radius 1 is 0.431 bits per heavy atom. The second kappa shape index (κ2) is 24.0. The number of hydrogen-bond donors (Lipinski definition) is 3. The zero-order valence-corrected chi connectivity index (χ0v) is 43.8. The standard InChI is InChI=1S/C51H78N6O15/c1-13-37(58)67-16-19-70-40(61)52-34-22-46(4,5)28-49(10,25-34)31-55-43(64)56(32-50(11)26-35(23-47(6,7)29-50)53-41(62)71-20-17-68-38(59)14-2)45(66)57(44(55)65)33-51(12)27-36(24-48(8,9)30-51)54-42(63)72-21-18-69-39(60)15-3/h13-15,34-36H,1-3,16-33H2,4-12H3,(H,52,61)(H,53,62)(H,54,63). The third-order valence-electron chi connectivity index (χ3n) is 13.5. The fourth-order valence-electron chi connectivity index (χ4n) is 12.4. The van der Waals surface area contributed by atoms with Crippen molar-refractivity contribution in [3.63, 3.8) is 0 Å². The van der Waals surface area contributed by atoms with Gasteiger partial charge >= 0.3 is 53.3 Å².